The molecule has 0 radical (unpaired) electrons. The van der Waals surface area contributed by atoms with Crippen molar-refractivity contribution in [3.63, 3.8) is 0 Å². The van der Waals surface area contributed by atoms with Crippen LogP contribution in [0.15, 0.2) is 34.8 Å². The van der Waals surface area contributed by atoms with Crippen molar-refractivity contribution in [1.29, 1.82) is 5.26 Å². The van der Waals surface area contributed by atoms with Crippen molar-refractivity contribution < 1.29 is 17.7 Å². The van der Waals surface area contributed by atoms with Crippen LogP contribution in [0.1, 0.15) is 23.0 Å². The lowest BCUT2D eigenvalue weighted by molar-refractivity contribution is 0.170. The van der Waals surface area contributed by atoms with Crippen molar-refractivity contribution in [3.05, 3.63) is 45.4 Å². The number of thiazole rings is 1. The molecular formula is C14H14ClN3O4S2. The Labute approximate surface area is 148 Å². The van der Waals surface area contributed by atoms with Crippen molar-refractivity contribution in [2.24, 2.45) is 5.73 Å². The van der Waals surface area contributed by atoms with E-state index < -0.39 is 22.3 Å². The quantitative estimate of drug-likeness (QED) is 0.693. The number of halogens is 1. The van der Waals surface area contributed by atoms with Crippen LogP contribution in [0.2, 0.25) is 5.02 Å². The molecule has 2 aromatic rings. The molecule has 0 unspecified atom stereocenters. The molecule has 7 nitrogen and oxygen atoms in total. The molecule has 3 N–H and O–H groups in total. The molecule has 0 aliphatic rings. The van der Waals surface area contributed by atoms with Crippen LogP contribution in [-0.4, -0.2) is 31.2 Å². The molecule has 2 rings (SSSR count). The second-order valence-electron chi connectivity index (χ2n) is 4.87. The van der Waals surface area contributed by atoms with Crippen LogP contribution in [0, 0.1) is 11.3 Å². The number of hydrogen-bond donors (Lipinski definition) is 2. The van der Waals surface area contributed by atoms with E-state index in [1.165, 1.54) is 41.2 Å². The number of nitriles is 1. The number of aromatic nitrogens is 1. The maximum Gasteiger partial charge on any atom is 0.298 e. The van der Waals surface area contributed by atoms with E-state index in [1.54, 1.807) is 6.07 Å². The van der Waals surface area contributed by atoms with Gasteiger partial charge in [-0.1, -0.05) is 11.6 Å². The van der Waals surface area contributed by atoms with Crippen molar-refractivity contribution in [2.45, 2.75) is 23.5 Å². The molecule has 0 aliphatic carbocycles. The maximum atomic E-state index is 12.6. The number of nitrogens with two attached hydrogens (primary N) is 1. The van der Waals surface area contributed by atoms with Gasteiger partial charge in [0, 0.05) is 17.3 Å². The highest BCUT2D eigenvalue weighted by molar-refractivity contribution is 7.86. The Balaban J connectivity index is 2.36. The molecule has 0 fully saturated rings. The van der Waals surface area contributed by atoms with Gasteiger partial charge in [-0.3, -0.25) is 9.17 Å². The lowest BCUT2D eigenvalue weighted by atomic mass is 10.1. The fraction of sp³-hybridized carbons (Fsp3) is 0.286. The van der Waals surface area contributed by atoms with Crippen molar-refractivity contribution >= 4 is 33.1 Å². The Bertz CT molecular complexity index is 834. The SMILES string of the molecule is N#Cc1cc(Cl)ccc1S(=O)(=O)O[C@H](C[C@H](N)CO)c1cncs1. The van der Waals surface area contributed by atoms with Crippen LogP contribution in [0.4, 0.5) is 0 Å². The summed E-state index contributed by atoms with van der Waals surface area (Å²) < 4.78 is 30.4. The van der Waals surface area contributed by atoms with E-state index in [-0.39, 0.29) is 28.5 Å². The second kappa shape index (κ2) is 8.02. The Morgan fingerprint density at radius 3 is 2.83 bits per heavy atom. The van der Waals surface area contributed by atoms with Crippen LogP contribution in [-0.2, 0) is 14.3 Å². The van der Waals surface area contributed by atoms with Crippen LogP contribution in [0.5, 0.6) is 0 Å². The summed E-state index contributed by atoms with van der Waals surface area (Å²) in [6.45, 7) is -0.316. The van der Waals surface area contributed by atoms with Crippen LogP contribution >= 0.6 is 22.9 Å². The van der Waals surface area contributed by atoms with Crippen LogP contribution in [0.25, 0.3) is 0 Å². The number of nitrogens with zero attached hydrogens (tertiary/aromatic N) is 2. The molecule has 0 amide bonds. The third kappa shape index (κ3) is 4.51. The average molecular weight is 388 g/mol. The highest BCUT2D eigenvalue weighted by Gasteiger charge is 2.28. The Kier molecular flexibility index (Phi) is 6.28. The van der Waals surface area contributed by atoms with Gasteiger partial charge in [-0.25, -0.2) is 0 Å². The predicted octanol–water partition coefficient (Wildman–Crippen LogP) is 1.82. The number of hydrogen-bond acceptors (Lipinski definition) is 8. The predicted molar refractivity (Wildman–Crippen MR) is 89.0 cm³/mol. The van der Waals surface area contributed by atoms with Gasteiger partial charge in [0.2, 0.25) is 0 Å². The van der Waals surface area contributed by atoms with E-state index in [2.05, 4.69) is 4.98 Å². The molecule has 1 aromatic carbocycles. The normalized spacial score (nSPS) is 14.1. The molecule has 1 aromatic heterocycles. The first kappa shape index (κ1) is 18.8. The molecule has 128 valence electrons. The number of benzene rings is 1. The van der Waals surface area contributed by atoms with E-state index in [0.717, 1.165) is 0 Å². The van der Waals surface area contributed by atoms with Gasteiger partial charge in [-0.2, -0.15) is 13.7 Å². The van der Waals surface area contributed by atoms with Gasteiger partial charge in [0.25, 0.3) is 10.1 Å². The smallest absolute Gasteiger partial charge is 0.298 e. The summed E-state index contributed by atoms with van der Waals surface area (Å²) in [6, 6.07) is 4.95. The standard InChI is InChI=1S/C14H14ClN3O4S2/c15-10-1-2-14(9(3-10)5-16)24(20,21)22-12(4-11(17)7-19)13-6-18-8-23-13/h1-3,6,8,11-12,19H,4,7,17H2/t11-,12+/m0/s1. The van der Waals surface area contributed by atoms with E-state index in [0.29, 0.717) is 4.88 Å². The van der Waals surface area contributed by atoms with Crippen molar-refractivity contribution in [2.75, 3.05) is 6.61 Å². The van der Waals surface area contributed by atoms with Gasteiger partial charge in [-0.05, 0) is 24.6 Å². The summed E-state index contributed by atoms with van der Waals surface area (Å²) in [7, 11) is -4.24. The van der Waals surface area contributed by atoms with Gasteiger partial charge in [-0.15, -0.1) is 11.3 Å². The fourth-order valence-corrected chi connectivity index (χ4v) is 4.04. The molecule has 1 heterocycles. The van der Waals surface area contributed by atoms with Crippen LogP contribution < -0.4 is 5.73 Å². The Morgan fingerprint density at radius 2 is 2.25 bits per heavy atom. The molecule has 2 atom stereocenters. The molecular weight excluding hydrogens is 374 g/mol. The Morgan fingerprint density at radius 1 is 1.50 bits per heavy atom. The monoisotopic (exact) mass is 387 g/mol. The third-order valence-corrected chi connectivity index (χ3v) is 5.58. The Hall–Kier alpha value is -1.54. The summed E-state index contributed by atoms with van der Waals surface area (Å²) in [5.74, 6) is 0. The zero-order valence-electron chi connectivity index (χ0n) is 12.3. The van der Waals surface area contributed by atoms with E-state index in [1.807, 2.05) is 0 Å². The highest BCUT2D eigenvalue weighted by Crippen LogP contribution is 2.31. The van der Waals surface area contributed by atoms with Gasteiger partial charge in [0.15, 0.2) is 0 Å². The number of aliphatic hydroxyl groups excluding tert-OH is 1. The molecule has 0 spiro atoms. The minimum absolute atomic E-state index is 0.0768. The van der Waals surface area contributed by atoms with Gasteiger partial charge in [0.05, 0.1) is 22.6 Å². The van der Waals surface area contributed by atoms with Gasteiger partial charge in [0.1, 0.15) is 17.1 Å². The molecule has 0 bridgehead atoms. The lowest BCUT2D eigenvalue weighted by Gasteiger charge is -2.19. The topological polar surface area (TPSA) is 126 Å². The molecule has 0 aliphatic heterocycles. The minimum Gasteiger partial charge on any atom is -0.395 e. The van der Waals surface area contributed by atoms with E-state index in [9.17, 15) is 8.42 Å². The van der Waals surface area contributed by atoms with Gasteiger partial charge < -0.3 is 10.8 Å². The molecule has 0 saturated carbocycles. The fourth-order valence-electron chi connectivity index (χ4n) is 1.95. The first-order valence-electron chi connectivity index (χ1n) is 6.75. The van der Waals surface area contributed by atoms with Crippen LogP contribution in [0.3, 0.4) is 0 Å². The maximum absolute atomic E-state index is 12.6. The number of rotatable bonds is 7. The molecule has 24 heavy (non-hydrogen) atoms. The highest BCUT2D eigenvalue weighted by atomic mass is 35.5. The first-order valence-corrected chi connectivity index (χ1v) is 9.41. The zero-order chi connectivity index (χ0) is 17.7. The summed E-state index contributed by atoms with van der Waals surface area (Å²) in [5.41, 5.74) is 7.12. The zero-order valence-corrected chi connectivity index (χ0v) is 14.7. The second-order valence-corrected chi connectivity index (χ2v) is 7.77. The van der Waals surface area contributed by atoms with Crippen molar-refractivity contribution in [1.82, 2.24) is 4.98 Å². The third-order valence-electron chi connectivity index (χ3n) is 3.09. The van der Waals surface area contributed by atoms with E-state index in [4.69, 9.17) is 31.9 Å². The largest absolute Gasteiger partial charge is 0.395 e. The minimum atomic E-state index is -4.24. The first-order chi connectivity index (χ1) is 11.4. The number of aliphatic hydroxyl groups is 1. The summed E-state index contributed by atoms with van der Waals surface area (Å²) in [5, 5.41) is 18.5. The van der Waals surface area contributed by atoms with Crippen molar-refractivity contribution in [3.8, 4) is 6.07 Å². The summed E-state index contributed by atoms with van der Waals surface area (Å²) in [6.07, 6.45) is 0.641. The molecule has 10 heteroatoms. The average Bonchev–Trinajstić information content (AvgIpc) is 3.07. The molecule has 0 saturated heterocycles. The summed E-state index contributed by atoms with van der Waals surface area (Å²) >= 11 is 6.99. The summed E-state index contributed by atoms with van der Waals surface area (Å²) in [4.78, 5) is 4.17. The lowest BCUT2D eigenvalue weighted by Crippen LogP contribution is -2.28. The van der Waals surface area contributed by atoms with Gasteiger partial charge >= 0.3 is 0 Å². The van der Waals surface area contributed by atoms with E-state index >= 15 is 0 Å².